The third kappa shape index (κ3) is 7.85. The maximum absolute atomic E-state index is 12.5. The van der Waals surface area contributed by atoms with E-state index in [2.05, 4.69) is 22.5 Å². The van der Waals surface area contributed by atoms with Crippen molar-refractivity contribution in [3.05, 3.63) is 0 Å². The summed E-state index contributed by atoms with van der Waals surface area (Å²) in [5, 5.41) is 6.31. The van der Waals surface area contributed by atoms with Crippen LogP contribution in [0.25, 0.3) is 0 Å². The molecule has 1 aliphatic heterocycles. The van der Waals surface area contributed by atoms with E-state index in [-0.39, 0.29) is 43.1 Å². The molecule has 0 aromatic heterocycles. The molecule has 1 fully saturated rings. The molecule has 2 N–H and O–H groups in total. The molecule has 1 heterocycles. The van der Waals surface area contributed by atoms with Gasteiger partial charge in [0.25, 0.3) is 0 Å². The summed E-state index contributed by atoms with van der Waals surface area (Å²) >= 11 is 0. The molecular weight excluding hydrogens is 472 g/mol. The SMILES string of the molecule is CCCCCCNC(=NC)NC1CCN(S(=O)(=O)C(F)(F)F)CC1.I. The Morgan fingerprint density at radius 1 is 1.20 bits per heavy atom. The summed E-state index contributed by atoms with van der Waals surface area (Å²) in [6.45, 7) is 2.63. The second-order valence-corrected chi connectivity index (χ2v) is 7.76. The van der Waals surface area contributed by atoms with Gasteiger partial charge in [-0.05, 0) is 19.3 Å². The number of alkyl halides is 3. The van der Waals surface area contributed by atoms with Crippen molar-refractivity contribution in [2.75, 3.05) is 26.7 Å². The molecule has 0 aliphatic carbocycles. The fraction of sp³-hybridized carbons (Fsp3) is 0.929. The van der Waals surface area contributed by atoms with Crippen LogP contribution in [0.3, 0.4) is 0 Å². The fourth-order valence-electron chi connectivity index (χ4n) is 2.53. The number of unbranched alkanes of at least 4 members (excludes halogenated alkanes) is 3. The summed E-state index contributed by atoms with van der Waals surface area (Å²) in [6.07, 6.45) is 5.12. The van der Waals surface area contributed by atoms with Crippen LogP contribution in [0.1, 0.15) is 45.4 Å². The predicted molar refractivity (Wildman–Crippen MR) is 104 cm³/mol. The lowest BCUT2D eigenvalue weighted by atomic mass is 10.1. The van der Waals surface area contributed by atoms with Crippen molar-refractivity contribution in [2.24, 2.45) is 4.99 Å². The molecule has 0 amide bonds. The molecule has 150 valence electrons. The van der Waals surface area contributed by atoms with Crippen LogP contribution in [-0.4, -0.2) is 56.9 Å². The summed E-state index contributed by atoms with van der Waals surface area (Å²) < 4.78 is 60.8. The summed E-state index contributed by atoms with van der Waals surface area (Å²) in [4.78, 5) is 4.09. The van der Waals surface area contributed by atoms with E-state index in [1.807, 2.05) is 0 Å². The van der Waals surface area contributed by atoms with Crippen LogP contribution in [-0.2, 0) is 10.0 Å². The number of hydrogen-bond acceptors (Lipinski definition) is 3. The van der Waals surface area contributed by atoms with Gasteiger partial charge in [-0.25, -0.2) is 8.42 Å². The van der Waals surface area contributed by atoms with E-state index in [1.54, 1.807) is 7.05 Å². The minimum absolute atomic E-state index is 0. The Kier molecular flexibility index (Phi) is 11.3. The predicted octanol–water partition coefficient (Wildman–Crippen LogP) is 2.66. The van der Waals surface area contributed by atoms with Crippen LogP contribution in [0.5, 0.6) is 0 Å². The van der Waals surface area contributed by atoms with E-state index in [0.29, 0.717) is 23.1 Å². The summed E-state index contributed by atoms with van der Waals surface area (Å²) in [5.74, 6) is 0.601. The molecule has 0 spiro atoms. The van der Waals surface area contributed by atoms with Crippen LogP contribution in [0, 0.1) is 0 Å². The van der Waals surface area contributed by atoms with Crippen molar-refractivity contribution in [3.8, 4) is 0 Å². The van der Waals surface area contributed by atoms with Crippen molar-refractivity contribution < 1.29 is 21.6 Å². The van der Waals surface area contributed by atoms with Crippen LogP contribution >= 0.6 is 24.0 Å². The smallest absolute Gasteiger partial charge is 0.356 e. The average Bonchev–Trinajstić information content (AvgIpc) is 2.53. The lowest BCUT2D eigenvalue weighted by Crippen LogP contribution is -2.51. The number of rotatable bonds is 7. The fourth-order valence-corrected chi connectivity index (χ4v) is 3.52. The van der Waals surface area contributed by atoms with Gasteiger partial charge in [0.05, 0.1) is 0 Å². The highest BCUT2D eigenvalue weighted by Crippen LogP contribution is 2.28. The highest BCUT2D eigenvalue weighted by atomic mass is 127. The topological polar surface area (TPSA) is 73.8 Å². The Labute approximate surface area is 165 Å². The minimum Gasteiger partial charge on any atom is -0.356 e. The van der Waals surface area contributed by atoms with E-state index in [0.717, 1.165) is 25.8 Å². The quantitative estimate of drug-likeness (QED) is 0.244. The average molecular weight is 500 g/mol. The third-order valence-electron chi connectivity index (χ3n) is 3.97. The van der Waals surface area contributed by atoms with Crippen LogP contribution in [0.2, 0.25) is 0 Å². The van der Waals surface area contributed by atoms with E-state index in [4.69, 9.17) is 0 Å². The standard InChI is InChI=1S/C14H27F3N4O2S.HI/c1-3-4-5-6-9-19-13(18-2)20-12-7-10-21(11-8-12)24(22,23)14(15,16)17;/h12H,3-11H2,1-2H3,(H2,18,19,20);1H. The molecule has 0 atom stereocenters. The molecule has 25 heavy (non-hydrogen) atoms. The molecule has 0 aromatic carbocycles. The maximum atomic E-state index is 12.5. The molecule has 1 rings (SSSR count). The Morgan fingerprint density at radius 3 is 2.28 bits per heavy atom. The number of hydrogen-bond donors (Lipinski definition) is 2. The highest BCUT2D eigenvalue weighted by molar-refractivity contribution is 14.0. The van der Waals surface area contributed by atoms with Crippen LogP contribution < -0.4 is 10.6 Å². The zero-order valence-electron chi connectivity index (χ0n) is 14.6. The minimum atomic E-state index is -5.23. The van der Waals surface area contributed by atoms with E-state index >= 15 is 0 Å². The lowest BCUT2D eigenvalue weighted by molar-refractivity contribution is -0.0494. The summed E-state index contributed by atoms with van der Waals surface area (Å²) in [5.41, 5.74) is -5.23. The second kappa shape index (κ2) is 11.4. The molecule has 0 aromatic rings. The van der Waals surface area contributed by atoms with Gasteiger partial charge in [0.15, 0.2) is 5.96 Å². The van der Waals surface area contributed by atoms with Gasteiger partial charge in [0, 0.05) is 32.7 Å². The van der Waals surface area contributed by atoms with Crippen molar-refractivity contribution in [1.29, 1.82) is 0 Å². The van der Waals surface area contributed by atoms with Gasteiger partial charge in [-0.1, -0.05) is 26.2 Å². The van der Waals surface area contributed by atoms with Gasteiger partial charge in [-0.2, -0.15) is 17.5 Å². The van der Waals surface area contributed by atoms with Gasteiger partial charge in [-0.15, -0.1) is 24.0 Å². The normalized spacial score (nSPS) is 17.9. The Hall–Kier alpha value is -0.300. The number of guanidine groups is 1. The molecule has 0 unspecified atom stereocenters. The number of piperidine rings is 1. The van der Waals surface area contributed by atoms with Gasteiger partial charge in [-0.3, -0.25) is 4.99 Å². The number of halogens is 4. The van der Waals surface area contributed by atoms with Crippen molar-refractivity contribution >= 4 is 40.0 Å². The van der Waals surface area contributed by atoms with E-state index < -0.39 is 15.5 Å². The highest BCUT2D eigenvalue weighted by Gasteiger charge is 2.50. The molecule has 1 saturated heterocycles. The lowest BCUT2D eigenvalue weighted by Gasteiger charge is -2.32. The monoisotopic (exact) mass is 500 g/mol. The van der Waals surface area contributed by atoms with Crippen LogP contribution in [0.4, 0.5) is 13.2 Å². The number of nitrogens with zero attached hydrogens (tertiary/aromatic N) is 2. The number of sulfonamides is 1. The summed E-state index contributed by atoms with van der Waals surface area (Å²) in [7, 11) is -3.59. The van der Waals surface area contributed by atoms with Crippen molar-refractivity contribution in [3.63, 3.8) is 0 Å². The maximum Gasteiger partial charge on any atom is 0.511 e. The first-order valence-corrected chi connectivity index (χ1v) is 9.70. The van der Waals surface area contributed by atoms with Crippen LogP contribution in [0.15, 0.2) is 4.99 Å². The second-order valence-electron chi connectivity index (χ2n) is 5.83. The summed E-state index contributed by atoms with van der Waals surface area (Å²) in [6, 6.07) is -0.0912. The molecule has 0 bridgehead atoms. The first kappa shape index (κ1) is 24.7. The van der Waals surface area contributed by atoms with Gasteiger partial charge < -0.3 is 10.6 Å². The third-order valence-corrected chi connectivity index (χ3v) is 5.60. The van der Waals surface area contributed by atoms with Crippen molar-refractivity contribution in [2.45, 2.75) is 57.0 Å². The zero-order valence-corrected chi connectivity index (χ0v) is 17.7. The molecule has 6 nitrogen and oxygen atoms in total. The number of nitrogens with one attached hydrogen (secondary N) is 2. The Bertz CT molecular complexity index is 507. The largest absolute Gasteiger partial charge is 0.511 e. The molecule has 0 saturated carbocycles. The van der Waals surface area contributed by atoms with Gasteiger partial charge >= 0.3 is 15.5 Å². The zero-order chi connectivity index (χ0) is 18.2. The van der Waals surface area contributed by atoms with E-state index in [1.165, 1.54) is 6.42 Å². The first-order valence-electron chi connectivity index (χ1n) is 8.26. The van der Waals surface area contributed by atoms with E-state index in [9.17, 15) is 21.6 Å². The van der Waals surface area contributed by atoms with Crippen molar-refractivity contribution in [1.82, 2.24) is 14.9 Å². The molecular formula is C14H28F3IN4O2S. The number of aliphatic imine (C=N–C) groups is 1. The molecule has 1 aliphatic rings. The molecule has 11 heteroatoms. The van der Waals surface area contributed by atoms with Gasteiger partial charge in [0.1, 0.15) is 0 Å². The Morgan fingerprint density at radius 2 is 1.80 bits per heavy atom. The first-order chi connectivity index (χ1) is 11.2. The molecule has 0 radical (unpaired) electrons. The van der Waals surface area contributed by atoms with Gasteiger partial charge in [0.2, 0.25) is 0 Å². The Balaban J connectivity index is 0.00000576.